The normalized spacial score (nSPS) is 11.2. The number of unbranched alkanes of at least 4 members (excludes halogenated alkanes) is 3. The molecule has 0 amide bonds. The van der Waals surface area contributed by atoms with Gasteiger partial charge in [-0.05, 0) is 25.1 Å². The van der Waals surface area contributed by atoms with E-state index in [1.54, 1.807) is 0 Å². The van der Waals surface area contributed by atoms with Gasteiger partial charge in [-0.1, -0.05) is 44.4 Å². The molecule has 2 rings (SSSR count). The minimum absolute atomic E-state index is 0.947. The van der Waals surface area contributed by atoms with Crippen LogP contribution < -0.4 is 5.32 Å². The van der Waals surface area contributed by atoms with Gasteiger partial charge in [-0.3, -0.25) is 0 Å². The minimum Gasteiger partial charge on any atom is -0.347 e. The van der Waals surface area contributed by atoms with Crippen LogP contribution in [0.3, 0.4) is 0 Å². The molecule has 1 aromatic carbocycles. The van der Waals surface area contributed by atoms with Crippen molar-refractivity contribution in [3.05, 3.63) is 36.0 Å². The average Bonchev–Trinajstić information content (AvgIpc) is 2.74. The fourth-order valence-electron chi connectivity index (χ4n) is 2.55. The van der Waals surface area contributed by atoms with E-state index in [-0.39, 0.29) is 0 Å². The van der Waals surface area contributed by atoms with Gasteiger partial charge in [-0.2, -0.15) is 0 Å². The Morgan fingerprint density at radius 1 is 1.11 bits per heavy atom. The fraction of sp³-hybridized carbons (Fsp3) is 0.500. The van der Waals surface area contributed by atoms with Crippen LogP contribution in [0.1, 0.15) is 38.2 Å². The Hall–Kier alpha value is -1.28. The van der Waals surface area contributed by atoms with Crippen molar-refractivity contribution < 1.29 is 0 Å². The zero-order chi connectivity index (χ0) is 12.8. The first-order chi connectivity index (χ1) is 8.86. The van der Waals surface area contributed by atoms with Gasteiger partial charge in [-0.15, -0.1) is 0 Å². The van der Waals surface area contributed by atoms with Crippen LogP contribution in [-0.2, 0) is 13.1 Å². The van der Waals surface area contributed by atoms with Crippen molar-refractivity contribution in [3.63, 3.8) is 0 Å². The second-order valence-electron chi connectivity index (χ2n) is 4.96. The molecule has 1 N–H and O–H groups in total. The summed E-state index contributed by atoms with van der Waals surface area (Å²) in [6, 6.07) is 8.72. The second-order valence-corrected chi connectivity index (χ2v) is 4.96. The molecule has 18 heavy (non-hydrogen) atoms. The summed E-state index contributed by atoms with van der Waals surface area (Å²) >= 11 is 0. The third-order valence-corrected chi connectivity index (χ3v) is 3.49. The third kappa shape index (κ3) is 2.94. The summed E-state index contributed by atoms with van der Waals surface area (Å²) in [4.78, 5) is 0. The minimum atomic E-state index is 0.947. The summed E-state index contributed by atoms with van der Waals surface area (Å²) in [5.74, 6) is 0. The smallest absolute Gasteiger partial charge is 0.0483 e. The number of fused-ring (bicyclic) bond motifs is 1. The Bertz CT molecular complexity index is 485. The highest BCUT2D eigenvalue weighted by atomic mass is 15.0. The molecule has 0 saturated carbocycles. The van der Waals surface area contributed by atoms with Crippen LogP contribution in [0.2, 0.25) is 0 Å². The summed E-state index contributed by atoms with van der Waals surface area (Å²) in [7, 11) is 2.01. The van der Waals surface area contributed by atoms with Gasteiger partial charge < -0.3 is 9.88 Å². The molecule has 1 aromatic heterocycles. The highest BCUT2D eigenvalue weighted by molar-refractivity contribution is 5.83. The largest absolute Gasteiger partial charge is 0.347 e. The van der Waals surface area contributed by atoms with Gasteiger partial charge in [0, 0.05) is 30.2 Å². The lowest BCUT2D eigenvalue weighted by atomic mass is 10.2. The molecular formula is C16H24N2. The molecule has 2 nitrogen and oxygen atoms in total. The van der Waals surface area contributed by atoms with E-state index in [1.165, 1.54) is 42.1 Å². The first-order valence-corrected chi connectivity index (χ1v) is 7.08. The van der Waals surface area contributed by atoms with Gasteiger partial charge >= 0.3 is 0 Å². The molecule has 0 unspecified atom stereocenters. The third-order valence-electron chi connectivity index (χ3n) is 3.49. The van der Waals surface area contributed by atoms with E-state index in [0.717, 1.165) is 13.1 Å². The second kappa shape index (κ2) is 6.60. The van der Waals surface area contributed by atoms with E-state index in [9.17, 15) is 0 Å². The van der Waals surface area contributed by atoms with Crippen molar-refractivity contribution in [1.82, 2.24) is 9.88 Å². The SMILES string of the molecule is CCCCCCn1cc(CNC)c2ccccc21. The monoisotopic (exact) mass is 244 g/mol. The topological polar surface area (TPSA) is 17.0 Å². The van der Waals surface area contributed by atoms with E-state index < -0.39 is 0 Å². The summed E-state index contributed by atoms with van der Waals surface area (Å²) in [6.45, 7) is 4.35. The quantitative estimate of drug-likeness (QED) is 0.730. The Kier molecular flexibility index (Phi) is 4.82. The first kappa shape index (κ1) is 13.2. The van der Waals surface area contributed by atoms with Crippen molar-refractivity contribution in [2.75, 3.05) is 7.05 Å². The maximum atomic E-state index is 3.25. The molecule has 2 heteroatoms. The molecule has 0 bridgehead atoms. The van der Waals surface area contributed by atoms with E-state index >= 15 is 0 Å². The van der Waals surface area contributed by atoms with Gasteiger partial charge in [-0.25, -0.2) is 0 Å². The van der Waals surface area contributed by atoms with Gasteiger partial charge in [0.05, 0.1) is 0 Å². The maximum absolute atomic E-state index is 3.25. The molecule has 0 atom stereocenters. The number of aryl methyl sites for hydroxylation is 1. The molecule has 2 aromatic rings. The van der Waals surface area contributed by atoms with E-state index in [1.807, 2.05) is 7.05 Å². The van der Waals surface area contributed by atoms with Gasteiger partial charge in [0.1, 0.15) is 0 Å². The Morgan fingerprint density at radius 3 is 2.72 bits per heavy atom. The Balaban J connectivity index is 2.16. The number of hydrogen-bond donors (Lipinski definition) is 1. The molecular weight excluding hydrogens is 220 g/mol. The van der Waals surface area contributed by atoms with Crippen LogP contribution in [0.15, 0.2) is 30.5 Å². The van der Waals surface area contributed by atoms with Crippen LogP contribution in [0.5, 0.6) is 0 Å². The van der Waals surface area contributed by atoms with Crippen LogP contribution in [0, 0.1) is 0 Å². The van der Waals surface area contributed by atoms with Crippen molar-refractivity contribution in [2.45, 2.75) is 45.7 Å². The molecule has 0 spiro atoms. The number of hydrogen-bond acceptors (Lipinski definition) is 1. The van der Waals surface area contributed by atoms with Gasteiger partial charge in [0.25, 0.3) is 0 Å². The van der Waals surface area contributed by atoms with E-state index in [4.69, 9.17) is 0 Å². The predicted molar refractivity (Wildman–Crippen MR) is 78.8 cm³/mol. The molecule has 0 fully saturated rings. The van der Waals surface area contributed by atoms with Crippen LogP contribution in [0.25, 0.3) is 10.9 Å². The fourth-order valence-corrected chi connectivity index (χ4v) is 2.55. The number of benzene rings is 1. The zero-order valence-corrected chi connectivity index (χ0v) is 11.6. The van der Waals surface area contributed by atoms with Gasteiger partial charge in [0.2, 0.25) is 0 Å². The maximum Gasteiger partial charge on any atom is 0.0483 e. The standard InChI is InChI=1S/C16H24N2/c1-3-4-5-8-11-18-13-14(12-17-2)15-9-6-7-10-16(15)18/h6-7,9-10,13,17H,3-5,8,11-12H2,1-2H3. The number of rotatable bonds is 7. The van der Waals surface area contributed by atoms with Crippen molar-refractivity contribution in [3.8, 4) is 0 Å². The van der Waals surface area contributed by atoms with E-state index in [0.29, 0.717) is 0 Å². The van der Waals surface area contributed by atoms with E-state index in [2.05, 4.69) is 47.3 Å². The molecule has 98 valence electrons. The molecule has 0 aliphatic carbocycles. The zero-order valence-electron chi connectivity index (χ0n) is 11.6. The lowest BCUT2D eigenvalue weighted by Crippen LogP contribution is -2.04. The van der Waals surface area contributed by atoms with Crippen molar-refractivity contribution >= 4 is 10.9 Å². The highest BCUT2D eigenvalue weighted by Crippen LogP contribution is 2.21. The van der Waals surface area contributed by atoms with Gasteiger partial charge in [0.15, 0.2) is 0 Å². The Morgan fingerprint density at radius 2 is 1.94 bits per heavy atom. The summed E-state index contributed by atoms with van der Waals surface area (Å²) in [6.07, 6.45) is 7.59. The molecule has 0 aliphatic rings. The molecule has 1 heterocycles. The summed E-state index contributed by atoms with van der Waals surface area (Å²) in [5.41, 5.74) is 2.78. The molecule has 0 saturated heterocycles. The summed E-state index contributed by atoms with van der Waals surface area (Å²) < 4.78 is 2.41. The van der Waals surface area contributed by atoms with Crippen molar-refractivity contribution in [1.29, 1.82) is 0 Å². The van der Waals surface area contributed by atoms with Crippen LogP contribution >= 0.6 is 0 Å². The highest BCUT2D eigenvalue weighted by Gasteiger charge is 2.06. The number of nitrogens with one attached hydrogen (secondary N) is 1. The first-order valence-electron chi connectivity index (χ1n) is 7.08. The number of aromatic nitrogens is 1. The van der Waals surface area contributed by atoms with Crippen molar-refractivity contribution in [2.24, 2.45) is 0 Å². The molecule has 0 aliphatic heterocycles. The number of para-hydroxylation sites is 1. The lowest BCUT2D eigenvalue weighted by molar-refractivity contribution is 0.592. The van der Waals surface area contributed by atoms with Crippen LogP contribution in [-0.4, -0.2) is 11.6 Å². The average molecular weight is 244 g/mol. The van der Waals surface area contributed by atoms with Crippen LogP contribution in [0.4, 0.5) is 0 Å². The summed E-state index contributed by atoms with van der Waals surface area (Å²) in [5, 5.41) is 4.64. The lowest BCUT2D eigenvalue weighted by Gasteiger charge is -2.04. The molecule has 0 radical (unpaired) electrons. The number of nitrogens with zero attached hydrogens (tertiary/aromatic N) is 1. The predicted octanol–water partition coefficient (Wildman–Crippen LogP) is 3.94. The Labute approximate surface area is 110 Å².